The summed E-state index contributed by atoms with van der Waals surface area (Å²) in [7, 11) is 2.04. The lowest BCUT2D eigenvalue weighted by atomic mass is 9.90. The third-order valence-electron chi connectivity index (χ3n) is 8.80. The molecule has 2 fully saturated rings. The Kier molecular flexibility index (Phi) is 7.91. The topological polar surface area (TPSA) is 74.2 Å². The van der Waals surface area contributed by atoms with E-state index in [1.165, 1.54) is 31.7 Å². The van der Waals surface area contributed by atoms with E-state index in [4.69, 9.17) is 16.3 Å². The average Bonchev–Trinajstić information content (AvgIpc) is 3.74. The largest absolute Gasteiger partial charge is 0.493 e. The van der Waals surface area contributed by atoms with E-state index >= 15 is 0 Å². The lowest BCUT2D eigenvalue weighted by Gasteiger charge is -2.38. The van der Waals surface area contributed by atoms with Gasteiger partial charge in [-0.15, -0.1) is 0 Å². The minimum absolute atomic E-state index is 0.0309. The maximum Gasteiger partial charge on any atom is 0.227 e. The average molecular weight is 567 g/mol. The van der Waals surface area contributed by atoms with Crippen LogP contribution in [0, 0.1) is 23.6 Å². The third-order valence-corrected chi connectivity index (χ3v) is 9.02. The van der Waals surface area contributed by atoms with E-state index in [9.17, 15) is 9.18 Å². The van der Waals surface area contributed by atoms with Crippen LogP contribution in [0.4, 0.5) is 4.39 Å². The first-order valence-corrected chi connectivity index (χ1v) is 14.7. The summed E-state index contributed by atoms with van der Waals surface area (Å²) in [6.07, 6.45) is 10.5. The molecule has 1 saturated carbocycles. The monoisotopic (exact) mass is 566 g/mol. The van der Waals surface area contributed by atoms with Crippen LogP contribution in [0.25, 0.3) is 0 Å². The molecule has 0 N–H and O–H groups in total. The summed E-state index contributed by atoms with van der Waals surface area (Å²) in [5.41, 5.74) is 2.33. The highest BCUT2D eigenvalue weighted by molar-refractivity contribution is 6.30. The third kappa shape index (κ3) is 6.09. The van der Waals surface area contributed by atoms with Crippen molar-refractivity contribution in [3.63, 3.8) is 0 Å². The number of carbonyl (C=O) groups excluding carboxylic acids is 1. The van der Waals surface area contributed by atoms with Crippen LogP contribution in [0.2, 0.25) is 0 Å². The Morgan fingerprint density at radius 2 is 2.05 bits per heavy atom. The number of hydrogen-bond acceptors (Lipinski definition) is 7. The first-order chi connectivity index (χ1) is 19.4. The molecule has 1 saturated heterocycles. The lowest BCUT2D eigenvalue weighted by Crippen LogP contribution is -2.47. The first-order valence-electron chi connectivity index (χ1n) is 14.3. The van der Waals surface area contributed by atoms with Gasteiger partial charge in [-0.2, -0.15) is 0 Å². The number of nitrogens with zero attached hydrogens (tertiary/aromatic N) is 6. The molecule has 1 aromatic carbocycles. The van der Waals surface area contributed by atoms with Crippen molar-refractivity contribution in [1.29, 1.82) is 0 Å². The molecule has 10 heteroatoms. The van der Waals surface area contributed by atoms with E-state index in [0.717, 1.165) is 66.6 Å². The van der Waals surface area contributed by atoms with Crippen LogP contribution < -0.4 is 4.74 Å². The maximum atomic E-state index is 14.8. The summed E-state index contributed by atoms with van der Waals surface area (Å²) in [5, 5.41) is 0.772. The minimum Gasteiger partial charge on any atom is -0.493 e. The number of carbonyl (C=O) groups is 1. The van der Waals surface area contributed by atoms with Crippen molar-refractivity contribution < 1.29 is 13.9 Å². The van der Waals surface area contributed by atoms with Crippen molar-refractivity contribution in [3.05, 3.63) is 64.6 Å². The van der Waals surface area contributed by atoms with Gasteiger partial charge in [0.25, 0.3) is 0 Å². The smallest absolute Gasteiger partial charge is 0.227 e. The van der Waals surface area contributed by atoms with Crippen molar-refractivity contribution in [2.75, 3.05) is 39.8 Å². The Labute approximate surface area is 239 Å². The number of hydrogen-bond donors (Lipinski definition) is 0. The number of halogens is 2. The fraction of sp³-hybridized carbons (Fsp3) is 0.533. The zero-order chi connectivity index (χ0) is 27.6. The molecule has 2 aromatic rings. The Morgan fingerprint density at radius 3 is 2.85 bits per heavy atom. The Balaban J connectivity index is 0.922. The minimum atomic E-state index is -0.396. The van der Waals surface area contributed by atoms with Gasteiger partial charge in [0.1, 0.15) is 17.9 Å². The van der Waals surface area contributed by atoms with E-state index in [1.807, 2.05) is 7.05 Å². The quantitative estimate of drug-likeness (QED) is 0.499. The summed E-state index contributed by atoms with van der Waals surface area (Å²) in [4.78, 5) is 31.9. The molecule has 40 heavy (non-hydrogen) atoms. The van der Waals surface area contributed by atoms with Gasteiger partial charge in [0, 0.05) is 45.1 Å². The number of guanidine groups is 1. The number of benzene rings is 1. The first kappa shape index (κ1) is 27.0. The van der Waals surface area contributed by atoms with E-state index in [-0.39, 0.29) is 12.3 Å². The van der Waals surface area contributed by atoms with Crippen molar-refractivity contribution in [2.24, 2.45) is 22.7 Å². The van der Waals surface area contributed by atoms with Gasteiger partial charge in [-0.1, -0.05) is 17.7 Å². The van der Waals surface area contributed by atoms with Crippen molar-refractivity contribution >= 4 is 23.5 Å². The van der Waals surface area contributed by atoms with Gasteiger partial charge in [0.15, 0.2) is 0 Å². The van der Waals surface area contributed by atoms with Crippen LogP contribution in [0.15, 0.2) is 46.9 Å². The molecule has 0 bridgehead atoms. The number of aromatic nitrogens is 2. The Bertz CT molecular complexity index is 1310. The molecular weight excluding hydrogens is 531 g/mol. The molecule has 6 rings (SSSR count). The number of piperidine rings is 1. The molecule has 0 spiro atoms. The number of amides is 1. The number of rotatable bonds is 7. The predicted octanol–water partition coefficient (Wildman–Crippen LogP) is 4.24. The van der Waals surface area contributed by atoms with Crippen LogP contribution in [0.5, 0.6) is 5.75 Å². The van der Waals surface area contributed by atoms with Crippen molar-refractivity contribution in [1.82, 2.24) is 24.7 Å². The van der Waals surface area contributed by atoms with Gasteiger partial charge in [-0.05, 0) is 67.1 Å². The van der Waals surface area contributed by atoms with E-state index in [1.54, 1.807) is 29.4 Å². The lowest BCUT2D eigenvalue weighted by molar-refractivity contribution is -0.131. The second-order valence-electron chi connectivity index (χ2n) is 11.5. The number of likely N-dealkylation sites (tertiary alicyclic amines) is 1. The standard InChI is InChI=1S/C30H36ClFN6O2/c1-36-17-24(31)16-34-30(36)37-8-4-20(5-9-37)26-12-21(26)7-11-40-25-3-2-22(27(32)14-25)13-29(39)38-10-6-23-15-33-19-35-28(23)18-38/h2-3,14-16,19-21,26H,4-13,17-18H2,1H3/t21-,26-/m1/s1. The van der Waals surface area contributed by atoms with Gasteiger partial charge in [-0.3, -0.25) is 4.79 Å². The molecular formula is C30H36ClFN6O2. The van der Waals surface area contributed by atoms with Gasteiger partial charge in [0.05, 0.1) is 36.8 Å². The second-order valence-corrected chi connectivity index (χ2v) is 12.0. The molecule has 3 aliphatic heterocycles. The SMILES string of the molecule is CN1CC(Cl)=CN=C1N1CCC([C@H]2C[C@H]2CCOc2ccc(CC(=O)N3CCc4cncnc4C3)c(F)c2)CC1. The molecule has 1 amide bonds. The Hall–Kier alpha value is -3.20. The van der Waals surface area contributed by atoms with E-state index in [0.29, 0.717) is 36.9 Å². The summed E-state index contributed by atoms with van der Waals surface area (Å²) < 4.78 is 20.7. The molecule has 1 aromatic heterocycles. The van der Waals surface area contributed by atoms with Crippen molar-refractivity contribution in [3.8, 4) is 5.75 Å². The van der Waals surface area contributed by atoms with Gasteiger partial charge >= 0.3 is 0 Å². The molecule has 212 valence electrons. The zero-order valence-corrected chi connectivity index (χ0v) is 23.7. The highest BCUT2D eigenvalue weighted by Crippen LogP contribution is 2.49. The van der Waals surface area contributed by atoms with Gasteiger partial charge in [0.2, 0.25) is 11.9 Å². The fourth-order valence-corrected chi connectivity index (χ4v) is 6.65. The number of aliphatic imine (C=N–C) groups is 1. The number of ether oxygens (including phenoxy) is 1. The molecule has 4 heterocycles. The molecule has 0 radical (unpaired) electrons. The maximum absolute atomic E-state index is 14.8. The Morgan fingerprint density at radius 1 is 1.20 bits per heavy atom. The highest BCUT2D eigenvalue weighted by atomic mass is 35.5. The van der Waals surface area contributed by atoms with Crippen LogP contribution in [-0.4, -0.2) is 76.4 Å². The predicted molar refractivity (Wildman–Crippen MR) is 151 cm³/mol. The molecule has 4 aliphatic rings. The van der Waals surface area contributed by atoms with Crippen LogP contribution >= 0.6 is 11.6 Å². The summed E-state index contributed by atoms with van der Waals surface area (Å²) in [5.74, 6) is 3.27. The van der Waals surface area contributed by atoms with Gasteiger partial charge < -0.3 is 19.4 Å². The van der Waals surface area contributed by atoms with E-state index < -0.39 is 5.82 Å². The van der Waals surface area contributed by atoms with Crippen LogP contribution in [-0.2, 0) is 24.2 Å². The number of fused-ring (bicyclic) bond motifs is 1. The van der Waals surface area contributed by atoms with Gasteiger partial charge in [-0.25, -0.2) is 19.4 Å². The molecule has 1 aliphatic carbocycles. The summed E-state index contributed by atoms with van der Waals surface area (Å²) in [6.45, 7) is 4.42. The molecule has 0 unspecified atom stereocenters. The van der Waals surface area contributed by atoms with Crippen LogP contribution in [0.3, 0.4) is 0 Å². The second kappa shape index (κ2) is 11.7. The summed E-state index contributed by atoms with van der Waals surface area (Å²) in [6, 6.07) is 4.86. The van der Waals surface area contributed by atoms with Crippen LogP contribution in [0.1, 0.15) is 42.5 Å². The molecule has 8 nitrogen and oxygen atoms in total. The van der Waals surface area contributed by atoms with E-state index in [2.05, 4.69) is 24.8 Å². The number of likely N-dealkylation sites (N-methyl/N-ethyl adjacent to an activating group) is 1. The zero-order valence-electron chi connectivity index (χ0n) is 22.9. The normalized spacial score (nSPS) is 22.9. The highest BCUT2D eigenvalue weighted by Gasteiger charge is 2.43. The fourth-order valence-electron chi connectivity index (χ4n) is 6.42. The van der Waals surface area contributed by atoms with Crippen molar-refractivity contribution in [2.45, 2.75) is 45.1 Å². The molecule has 2 atom stereocenters. The summed E-state index contributed by atoms with van der Waals surface area (Å²) >= 11 is 6.11.